The number of cyclic esters (lactones) is 1. The fraction of sp³-hybridized carbons (Fsp3) is 0.667. The van der Waals surface area contributed by atoms with E-state index in [0.717, 1.165) is 37.7 Å². The second kappa shape index (κ2) is 13.8. The molecule has 4 amide bonds. The van der Waals surface area contributed by atoms with Crippen LogP contribution in [0, 0.1) is 11.3 Å². The first-order chi connectivity index (χ1) is 22.2. The summed E-state index contributed by atoms with van der Waals surface area (Å²) in [6.45, 7) is 9.42. The zero-order chi connectivity index (χ0) is 34.0. The zero-order valence-electron chi connectivity index (χ0n) is 27.5. The summed E-state index contributed by atoms with van der Waals surface area (Å²) < 4.78 is 39.1. The average Bonchev–Trinajstić information content (AvgIpc) is 3.93. The minimum Gasteiger partial charge on any atom is -0.472 e. The van der Waals surface area contributed by atoms with E-state index < -0.39 is 74.1 Å². The molecule has 3 N–H and O–H groups in total. The van der Waals surface area contributed by atoms with Crippen LogP contribution in [0.25, 0.3) is 0 Å². The highest BCUT2D eigenvalue weighted by Gasteiger charge is 2.62. The standard InChI is InChI=1S/C33H47N5O8S/c1-5-22-19-33(22,30(41)37-47(43,44)24-14-15-24)36-27(39)25-18-23-20-38(25)29(40)26(32(2,3)4)35-31(42)45-17-10-8-6-7-9-12-21-13-11-16-34-28(21)46-23/h5,11,13,16,22-26H,1,6-10,12,14-15,17-20H2,2-4H3,(H,35,42)(H,36,39)(H,37,41)/t22?,23-,25+,26-,33-/m1/s1. The number of aromatic nitrogens is 1. The van der Waals surface area contributed by atoms with Gasteiger partial charge >= 0.3 is 6.09 Å². The number of rotatable bonds is 6. The fourth-order valence-electron chi connectivity index (χ4n) is 6.36. The van der Waals surface area contributed by atoms with E-state index in [2.05, 4.69) is 26.9 Å². The Kier molecular flexibility index (Phi) is 10.2. The third-order valence-corrected chi connectivity index (χ3v) is 11.2. The van der Waals surface area contributed by atoms with Crippen molar-refractivity contribution in [3.8, 4) is 5.88 Å². The molecule has 47 heavy (non-hydrogen) atoms. The van der Waals surface area contributed by atoms with Crippen LogP contribution in [0.1, 0.15) is 84.1 Å². The van der Waals surface area contributed by atoms with Crippen molar-refractivity contribution in [2.75, 3.05) is 13.2 Å². The molecule has 3 heterocycles. The van der Waals surface area contributed by atoms with E-state index in [1.54, 1.807) is 27.0 Å². The highest BCUT2D eigenvalue weighted by atomic mass is 32.2. The van der Waals surface area contributed by atoms with Gasteiger partial charge in [0.05, 0.1) is 18.4 Å². The molecule has 258 valence electrons. The molecule has 5 rings (SSSR count). The normalized spacial score (nSPS) is 29.1. The van der Waals surface area contributed by atoms with E-state index in [9.17, 15) is 27.6 Å². The highest BCUT2D eigenvalue weighted by molar-refractivity contribution is 7.91. The minimum atomic E-state index is -3.87. The third-order valence-electron chi connectivity index (χ3n) is 9.42. The molecule has 0 radical (unpaired) electrons. The molecule has 1 aromatic rings. The molecule has 0 aromatic carbocycles. The number of nitrogens with one attached hydrogen (secondary N) is 3. The van der Waals surface area contributed by atoms with E-state index in [4.69, 9.17) is 9.47 Å². The second-order valence-electron chi connectivity index (χ2n) is 14.2. The number of ether oxygens (including phenoxy) is 2. The lowest BCUT2D eigenvalue weighted by Crippen LogP contribution is -2.60. The first kappa shape index (κ1) is 34.6. The smallest absolute Gasteiger partial charge is 0.407 e. The average molecular weight is 674 g/mol. The van der Waals surface area contributed by atoms with Gasteiger partial charge in [0, 0.05) is 24.1 Å². The molecule has 0 spiro atoms. The Morgan fingerprint density at radius 3 is 2.55 bits per heavy atom. The van der Waals surface area contributed by atoms with Gasteiger partial charge in [-0.3, -0.25) is 19.1 Å². The quantitative estimate of drug-likeness (QED) is 0.384. The Hall–Kier alpha value is -3.68. The number of aryl methyl sites for hydroxylation is 1. The van der Waals surface area contributed by atoms with E-state index in [1.165, 1.54) is 11.0 Å². The second-order valence-corrected chi connectivity index (χ2v) is 16.2. The van der Waals surface area contributed by atoms with Crippen molar-refractivity contribution in [1.82, 2.24) is 25.2 Å². The van der Waals surface area contributed by atoms with Crippen molar-refractivity contribution < 1.29 is 37.1 Å². The maximum atomic E-state index is 14.3. The summed E-state index contributed by atoms with van der Waals surface area (Å²) in [5.74, 6) is -2.00. The van der Waals surface area contributed by atoms with Crippen LogP contribution in [0.5, 0.6) is 5.88 Å². The number of fused-ring (bicyclic) bond motifs is 3. The van der Waals surface area contributed by atoms with Gasteiger partial charge in [0.2, 0.25) is 27.7 Å². The molecule has 2 aliphatic carbocycles. The van der Waals surface area contributed by atoms with Gasteiger partial charge in [-0.2, -0.15) is 0 Å². The van der Waals surface area contributed by atoms with Crippen LogP contribution < -0.4 is 20.1 Å². The topological polar surface area (TPSA) is 173 Å². The van der Waals surface area contributed by atoms with Crippen molar-refractivity contribution in [2.24, 2.45) is 11.3 Å². The SMILES string of the molecule is C=CC1C[C@]1(NC(=O)[C@@H]1C[C@@H]2CN1C(=O)[C@H](C(C)(C)C)NC(=O)OCCCCCCCc1cccnc1O2)C(=O)NS(=O)(=O)C1CC1. The summed E-state index contributed by atoms with van der Waals surface area (Å²) in [6, 6.07) is 1.68. The number of carbonyl (C=O) groups excluding carboxylic acids is 4. The van der Waals surface area contributed by atoms with E-state index in [1.807, 2.05) is 12.1 Å². The molecule has 1 unspecified atom stereocenters. The summed E-state index contributed by atoms with van der Waals surface area (Å²) in [5.41, 5.74) is -1.34. The number of pyridine rings is 1. The molecule has 4 aliphatic rings. The number of sulfonamides is 1. The molecule has 3 fully saturated rings. The Morgan fingerprint density at radius 1 is 1.15 bits per heavy atom. The van der Waals surface area contributed by atoms with Gasteiger partial charge in [-0.25, -0.2) is 18.2 Å². The van der Waals surface area contributed by atoms with Gasteiger partial charge in [-0.05, 0) is 50.0 Å². The van der Waals surface area contributed by atoms with Crippen molar-refractivity contribution in [3.63, 3.8) is 0 Å². The Balaban J connectivity index is 1.43. The van der Waals surface area contributed by atoms with Crippen LogP contribution in [-0.2, 0) is 35.6 Å². The molecule has 1 aromatic heterocycles. The summed E-state index contributed by atoms with van der Waals surface area (Å²) in [6.07, 6.45) is 8.25. The van der Waals surface area contributed by atoms with Crippen LogP contribution in [0.15, 0.2) is 31.0 Å². The maximum absolute atomic E-state index is 14.3. The van der Waals surface area contributed by atoms with Crippen molar-refractivity contribution >= 4 is 33.8 Å². The van der Waals surface area contributed by atoms with Crippen LogP contribution >= 0.6 is 0 Å². The first-order valence-corrected chi connectivity index (χ1v) is 18.1. The molecular formula is C33H47N5O8S. The predicted octanol–water partition coefficient (Wildman–Crippen LogP) is 2.75. The van der Waals surface area contributed by atoms with Crippen molar-refractivity contribution in [3.05, 3.63) is 36.5 Å². The Morgan fingerprint density at radius 2 is 1.87 bits per heavy atom. The molecular weight excluding hydrogens is 626 g/mol. The van der Waals surface area contributed by atoms with E-state index in [0.29, 0.717) is 25.1 Å². The van der Waals surface area contributed by atoms with E-state index in [-0.39, 0.29) is 26.0 Å². The van der Waals surface area contributed by atoms with Gasteiger partial charge in [-0.15, -0.1) is 6.58 Å². The number of hydrogen-bond acceptors (Lipinski definition) is 9. The summed E-state index contributed by atoms with van der Waals surface area (Å²) >= 11 is 0. The Labute approximate surface area is 276 Å². The molecule has 5 atom stereocenters. The monoisotopic (exact) mass is 673 g/mol. The summed E-state index contributed by atoms with van der Waals surface area (Å²) in [7, 11) is -3.87. The predicted molar refractivity (Wildman–Crippen MR) is 173 cm³/mol. The molecule has 2 saturated carbocycles. The summed E-state index contributed by atoms with van der Waals surface area (Å²) in [4.78, 5) is 60.4. The molecule has 1 saturated heterocycles. The van der Waals surface area contributed by atoms with Crippen molar-refractivity contribution in [1.29, 1.82) is 0 Å². The van der Waals surface area contributed by atoms with Crippen molar-refractivity contribution in [2.45, 2.75) is 114 Å². The molecule has 13 nitrogen and oxygen atoms in total. The summed E-state index contributed by atoms with van der Waals surface area (Å²) in [5, 5.41) is 4.89. The number of amides is 4. The lowest BCUT2D eigenvalue weighted by molar-refractivity contribution is -0.142. The number of alkyl carbamates (subject to hydrolysis) is 1. The number of carbonyl (C=O) groups is 4. The fourth-order valence-corrected chi connectivity index (χ4v) is 7.72. The molecule has 14 heteroatoms. The van der Waals surface area contributed by atoms with Crippen LogP contribution in [-0.4, -0.2) is 84.2 Å². The lowest BCUT2D eigenvalue weighted by Gasteiger charge is -2.35. The lowest BCUT2D eigenvalue weighted by atomic mass is 9.85. The van der Waals surface area contributed by atoms with Gasteiger partial charge in [0.1, 0.15) is 23.7 Å². The first-order valence-electron chi connectivity index (χ1n) is 16.6. The molecule has 2 bridgehead atoms. The molecule has 2 aliphatic heterocycles. The van der Waals surface area contributed by atoms with Crippen LogP contribution in [0.2, 0.25) is 0 Å². The Bertz CT molecular complexity index is 1490. The van der Waals surface area contributed by atoms with Gasteiger partial charge < -0.3 is 25.0 Å². The number of nitrogens with zero attached hydrogens (tertiary/aromatic N) is 2. The highest BCUT2D eigenvalue weighted by Crippen LogP contribution is 2.45. The maximum Gasteiger partial charge on any atom is 0.407 e. The van der Waals surface area contributed by atoms with Gasteiger partial charge in [0.25, 0.3) is 5.91 Å². The van der Waals surface area contributed by atoms with E-state index >= 15 is 0 Å². The number of hydrogen-bond donors (Lipinski definition) is 3. The van der Waals surface area contributed by atoms with Crippen LogP contribution in [0.3, 0.4) is 0 Å². The van der Waals surface area contributed by atoms with Crippen LogP contribution in [0.4, 0.5) is 4.79 Å². The van der Waals surface area contributed by atoms with Gasteiger partial charge in [0.15, 0.2) is 0 Å². The minimum absolute atomic E-state index is 0.0242. The third kappa shape index (κ3) is 8.07. The van der Waals surface area contributed by atoms with Gasteiger partial charge in [-0.1, -0.05) is 52.2 Å². The largest absolute Gasteiger partial charge is 0.472 e. The zero-order valence-corrected chi connectivity index (χ0v) is 28.3.